The highest BCUT2D eigenvalue weighted by Crippen LogP contribution is 2.46. The summed E-state index contributed by atoms with van der Waals surface area (Å²) in [6, 6.07) is 2.39. The molecule has 0 bridgehead atoms. The van der Waals surface area contributed by atoms with Gasteiger partial charge in [0.1, 0.15) is 0 Å². The third-order valence-corrected chi connectivity index (χ3v) is 6.14. The molecule has 1 aromatic rings. The lowest BCUT2D eigenvalue weighted by atomic mass is 9.90. The van der Waals surface area contributed by atoms with Crippen LogP contribution >= 0.6 is 11.8 Å². The summed E-state index contributed by atoms with van der Waals surface area (Å²) in [5, 5.41) is 10.6. The Morgan fingerprint density at radius 3 is 2.90 bits per heavy atom. The number of nitrogens with zero attached hydrogens (tertiary/aromatic N) is 2. The first-order valence-corrected chi connectivity index (χ1v) is 9.04. The van der Waals surface area contributed by atoms with Crippen LogP contribution in [0, 0.1) is 0 Å². The van der Waals surface area contributed by atoms with Crippen LogP contribution in [0.25, 0.3) is 0 Å². The largest absolute Gasteiger partial charge is 0.337 e. The first-order valence-electron chi connectivity index (χ1n) is 7.81. The van der Waals surface area contributed by atoms with Gasteiger partial charge in [0, 0.05) is 23.7 Å². The molecule has 0 aliphatic heterocycles. The summed E-state index contributed by atoms with van der Waals surface area (Å²) in [5.41, 5.74) is 0. The summed E-state index contributed by atoms with van der Waals surface area (Å²) in [5.74, 6) is 0. The number of thioether (sulfide) groups is 1. The maximum atomic E-state index is 12.2. The zero-order valence-electron chi connectivity index (χ0n) is 12.5. The van der Waals surface area contributed by atoms with Gasteiger partial charge in [0.15, 0.2) is 0 Å². The molecule has 3 rings (SSSR count). The van der Waals surface area contributed by atoms with Crippen molar-refractivity contribution in [3.8, 4) is 0 Å². The average molecular weight is 308 g/mol. The van der Waals surface area contributed by atoms with Crippen LogP contribution < -0.4 is 10.6 Å². The minimum absolute atomic E-state index is 0.0284. The lowest BCUT2D eigenvalue weighted by Gasteiger charge is -2.32. The molecule has 2 aliphatic carbocycles. The van der Waals surface area contributed by atoms with E-state index in [2.05, 4.69) is 22.0 Å². The normalized spacial score (nSPS) is 27.1. The van der Waals surface area contributed by atoms with Gasteiger partial charge in [-0.05, 0) is 38.0 Å². The second-order valence-electron chi connectivity index (χ2n) is 6.16. The molecule has 21 heavy (non-hydrogen) atoms. The van der Waals surface area contributed by atoms with Gasteiger partial charge in [-0.3, -0.25) is 4.68 Å². The van der Waals surface area contributed by atoms with Crippen LogP contribution in [0.5, 0.6) is 0 Å². The van der Waals surface area contributed by atoms with Gasteiger partial charge in [-0.15, -0.1) is 0 Å². The third kappa shape index (κ3) is 3.54. The van der Waals surface area contributed by atoms with Crippen LogP contribution in [0.3, 0.4) is 0 Å². The number of carbonyl (C=O) groups is 1. The number of carbonyl (C=O) groups excluding carboxylic acids is 1. The van der Waals surface area contributed by atoms with Crippen LogP contribution in [-0.2, 0) is 0 Å². The highest BCUT2D eigenvalue weighted by atomic mass is 32.2. The Morgan fingerprint density at radius 2 is 2.24 bits per heavy atom. The van der Waals surface area contributed by atoms with Crippen molar-refractivity contribution in [3.05, 3.63) is 18.5 Å². The maximum Gasteiger partial charge on any atom is 0.315 e. The van der Waals surface area contributed by atoms with Gasteiger partial charge in [-0.2, -0.15) is 16.9 Å². The SMILES string of the molecule is CSC1(CNC(=O)N[C@H]2CCCC[C@H]2n2cccn2)CC1. The zero-order valence-corrected chi connectivity index (χ0v) is 13.4. The second kappa shape index (κ2) is 6.30. The molecule has 2 amide bonds. The summed E-state index contributed by atoms with van der Waals surface area (Å²) in [6.07, 6.45) is 12.9. The molecule has 5 nitrogen and oxygen atoms in total. The van der Waals surface area contributed by atoms with Crippen LogP contribution in [0.2, 0.25) is 0 Å². The van der Waals surface area contributed by atoms with Gasteiger partial charge in [0.05, 0.1) is 12.1 Å². The molecule has 0 saturated heterocycles. The van der Waals surface area contributed by atoms with Gasteiger partial charge in [0.25, 0.3) is 0 Å². The number of amides is 2. The molecule has 2 aliphatic rings. The molecule has 2 saturated carbocycles. The average Bonchev–Trinajstić information content (AvgIpc) is 3.09. The molecule has 6 heteroatoms. The van der Waals surface area contributed by atoms with E-state index in [4.69, 9.17) is 0 Å². The third-order valence-electron chi connectivity index (χ3n) is 4.72. The molecule has 0 aromatic carbocycles. The zero-order chi connectivity index (χ0) is 14.7. The van der Waals surface area contributed by atoms with E-state index >= 15 is 0 Å². The highest BCUT2D eigenvalue weighted by molar-refractivity contribution is 8.00. The fraction of sp³-hybridized carbons (Fsp3) is 0.733. The molecule has 1 heterocycles. The van der Waals surface area contributed by atoms with Crippen molar-refractivity contribution in [1.29, 1.82) is 0 Å². The van der Waals surface area contributed by atoms with E-state index in [1.54, 1.807) is 6.20 Å². The quantitative estimate of drug-likeness (QED) is 0.879. The predicted molar refractivity (Wildman–Crippen MR) is 85.5 cm³/mol. The number of rotatable bonds is 5. The predicted octanol–water partition coefficient (Wildman–Crippen LogP) is 2.56. The van der Waals surface area contributed by atoms with Crippen molar-refractivity contribution in [1.82, 2.24) is 20.4 Å². The van der Waals surface area contributed by atoms with Crippen molar-refractivity contribution in [2.75, 3.05) is 12.8 Å². The Labute approximate surface area is 130 Å². The van der Waals surface area contributed by atoms with Crippen LogP contribution in [-0.4, -0.2) is 39.4 Å². The Bertz CT molecular complexity index is 472. The number of aromatic nitrogens is 2. The van der Waals surface area contributed by atoms with Crippen LogP contribution in [0.15, 0.2) is 18.5 Å². The second-order valence-corrected chi connectivity index (χ2v) is 7.43. The fourth-order valence-electron chi connectivity index (χ4n) is 3.13. The van der Waals surface area contributed by atoms with Gasteiger partial charge in [-0.25, -0.2) is 4.79 Å². The number of urea groups is 1. The van der Waals surface area contributed by atoms with Gasteiger partial charge in [-0.1, -0.05) is 12.8 Å². The lowest BCUT2D eigenvalue weighted by Crippen LogP contribution is -2.48. The monoisotopic (exact) mass is 308 g/mol. The fourth-order valence-corrected chi connectivity index (χ4v) is 3.85. The molecule has 0 spiro atoms. The Hall–Kier alpha value is -1.17. The molecule has 0 unspecified atom stereocenters. The van der Waals surface area contributed by atoms with Crippen LogP contribution in [0.4, 0.5) is 4.79 Å². The summed E-state index contributed by atoms with van der Waals surface area (Å²) >= 11 is 1.87. The Balaban J connectivity index is 1.53. The van der Waals surface area contributed by atoms with E-state index in [1.165, 1.54) is 25.7 Å². The maximum absolute atomic E-state index is 12.2. The molecular weight excluding hydrogens is 284 g/mol. The number of hydrogen-bond acceptors (Lipinski definition) is 3. The Kier molecular flexibility index (Phi) is 4.42. The Morgan fingerprint density at radius 1 is 1.43 bits per heavy atom. The summed E-state index contributed by atoms with van der Waals surface area (Å²) in [7, 11) is 0. The summed E-state index contributed by atoms with van der Waals surface area (Å²) < 4.78 is 2.31. The number of nitrogens with one attached hydrogen (secondary N) is 2. The first kappa shape index (κ1) is 14.8. The smallest absolute Gasteiger partial charge is 0.315 e. The van der Waals surface area contributed by atoms with Crippen molar-refractivity contribution in [3.63, 3.8) is 0 Å². The molecule has 116 valence electrons. The van der Waals surface area contributed by atoms with E-state index in [1.807, 2.05) is 28.7 Å². The molecule has 0 radical (unpaired) electrons. The van der Waals surface area contributed by atoms with E-state index in [9.17, 15) is 4.79 Å². The van der Waals surface area contributed by atoms with Crippen molar-refractivity contribution in [2.24, 2.45) is 0 Å². The lowest BCUT2D eigenvalue weighted by molar-refractivity contribution is 0.214. The highest BCUT2D eigenvalue weighted by Gasteiger charge is 2.42. The molecular formula is C15H24N4OS. The minimum Gasteiger partial charge on any atom is -0.337 e. The molecule has 2 N–H and O–H groups in total. The van der Waals surface area contributed by atoms with E-state index in [0.717, 1.165) is 19.4 Å². The molecule has 2 fully saturated rings. The van der Waals surface area contributed by atoms with E-state index < -0.39 is 0 Å². The van der Waals surface area contributed by atoms with E-state index in [0.29, 0.717) is 4.75 Å². The van der Waals surface area contributed by atoms with Gasteiger partial charge < -0.3 is 10.6 Å². The van der Waals surface area contributed by atoms with Crippen molar-refractivity contribution >= 4 is 17.8 Å². The first-order chi connectivity index (χ1) is 10.2. The number of hydrogen-bond donors (Lipinski definition) is 2. The molecule has 1 aromatic heterocycles. The van der Waals surface area contributed by atoms with Crippen molar-refractivity contribution < 1.29 is 4.79 Å². The van der Waals surface area contributed by atoms with Gasteiger partial charge >= 0.3 is 6.03 Å². The van der Waals surface area contributed by atoms with Crippen molar-refractivity contribution in [2.45, 2.75) is 55.4 Å². The minimum atomic E-state index is -0.0284. The standard InChI is InChI=1S/C15H24N4OS/c1-21-15(7-8-15)11-16-14(20)18-12-5-2-3-6-13(12)19-10-4-9-17-19/h4,9-10,12-13H,2-3,5-8,11H2,1H3,(H2,16,18,20)/t12-,13+/m0/s1. The van der Waals surface area contributed by atoms with Gasteiger partial charge in [0.2, 0.25) is 0 Å². The summed E-state index contributed by atoms with van der Waals surface area (Å²) in [4.78, 5) is 12.2. The summed E-state index contributed by atoms with van der Waals surface area (Å²) in [6.45, 7) is 0.777. The van der Waals surface area contributed by atoms with Crippen LogP contribution in [0.1, 0.15) is 44.6 Å². The topological polar surface area (TPSA) is 59.0 Å². The molecule has 2 atom stereocenters. The van der Waals surface area contributed by atoms with E-state index in [-0.39, 0.29) is 18.1 Å².